The van der Waals surface area contributed by atoms with Crippen molar-refractivity contribution >= 4 is 54.0 Å². The van der Waals surface area contributed by atoms with Crippen LogP contribution in [0.5, 0.6) is 0 Å². The van der Waals surface area contributed by atoms with E-state index in [1.54, 1.807) is 34.8 Å². The van der Waals surface area contributed by atoms with Crippen molar-refractivity contribution in [3.63, 3.8) is 0 Å². The molecule has 0 saturated carbocycles. The molecule has 0 N–H and O–H groups in total. The number of thiazole rings is 1. The van der Waals surface area contributed by atoms with E-state index < -0.39 is 16.1 Å². The Morgan fingerprint density at radius 2 is 2.06 bits per heavy atom. The highest BCUT2D eigenvalue weighted by Crippen LogP contribution is 2.35. The molecule has 1 unspecified atom stereocenters. The minimum absolute atomic E-state index is 0.248. The fourth-order valence-electron chi connectivity index (χ4n) is 4.54. The van der Waals surface area contributed by atoms with Crippen LogP contribution in [0.15, 0.2) is 58.4 Å². The molecule has 5 rings (SSSR count). The Balaban J connectivity index is 1.56. The van der Waals surface area contributed by atoms with Gasteiger partial charge in [-0.2, -0.15) is 4.31 Å². The van der Waals surface area contributed by atoms with Gasteiger partial charge in [0.2, 0.25) is 5.91 Å². The van der Waals surface area contributed by atoms with Crippen LogP contribution < -0.4 is 4.90 Å². The maximum Gasteiger partial charge on any atom is 0.253 e. The van der Waals surface area contributed by atoms with E-state index in [0.29, 0.717) is 18.1 Å². The molecule has 35 heavy (non-hydrogen) atoms. The Morgan fingerprint density at radius 1 is 1.20 bits per heavy atom. The van der Waals surface area contributed by atoms with E-state index in [9.17, 15) is 13.2 Å². The number of anilines is 1. The lowest BCUT2D eigenvalue weighted by atomic mass is 10.0. The number of piperidine rings is 1. The normalized spacial score (nSPS) is 17.0. The van der Waals surface area contributed by atoms with Crippen molar-refractivity contribution in [2.75, 3.05) is 11.4 Å². The van der Waals surface area contributed by atoms with Crippen LogP contribution in [0.2, 0.25) is 0 Å². The summed E-state index contributed by atoms with van der Waals surface area (Å²) in [5.41, 5.74) is 3.92. The third kappa shape index (κ3) is 4.75. The van der Waals surface area contributed by atoms with E-state index in [2.05, 4.69) is 11.1 Å². The zero-order valence-corrected chi connectivity index (χ0v) is 22.0. The number of carbonyl (C=O) groups is 1. The number of thiophene rings is 1. The first-order chi connectivity index (χ1) is 16.8. The van der Waals surface area contributed by atoms with Crippen molar-refractivity contribution < 1.29 is 13.2 Å². The molecule has 1 saturated heterocycles. The molecular formula is C25H26N4O3S3. The maximum absolute atomic E-state index is 14.1. The summed E-state index contributed by atoms with van der Waals surface area (Å²) in [6.45, 7) is 4.67. The highest BCUT2D eigenvalue weighted by atomic mass is 32.2. The fraction of sp³-hybridized carbons (Fsp3) is 0.320. The molecule has 0 spiro atoms. The molecule has 7 nitrogen and oxygen atoms in total. The first kappa shape index (κ1) is 24.1. The molecule has 1 fully saturated rings. The Kier molecular flexibility index (Phi) is 6.71. The van der Waals surface area contributed by atoms with Gasteiger partial charge in [-0.05, 0) is 67.0 Å². The van der Waals surface area contributed by atoms with Crippen molar-refractivity contribution in [1.82, 2.24) is 14.3 Å². The predicted octanol–water partition coefficient (Wildman–Crippen LogP) is 5.15. The number of amides is 1. The highest BCUT2D eigenvalue weighted by Gasteiger charge is 2.40. The fourth-order valence-corrected chi connectivity index (χ4v) is 8.33. The summed E-state index contributed by atoms with van der Waals surface area (Å²) in [5.74, 6) is -0.248. The smallest absolute Gasteiger partial charge is 0.253 e. The number of sulfonamides is 1. The Bertz CT molecular complexity index is 1450. The van der Waals surface area contributed by atoms with Gasteiger partial charge in [-0.3, -0.25) is 14.7 Å². The summed E-state index contributed by atoms with van der Waals surface area (Å²) in [5, 5.41) is 2.31. The van der Waals surface area contributed by atoms with Gasteiger partial charge in [-0.15, -0.1) is 11.3 Å². The van der Waals surface area contributed by atoms with Gasteiger partial charge in [-0.25, -0.2) is 13.4 Å². The summed E-state index contributed by atoms with van der Waals surface area (Å²) >= 11 is 2.64. The summed E-state index contributed by atoms with van der Waals surface area (Å²) < 4.78 is 29.6. The van der Waals surface area contributed by atoms with E-state index in [0.717, 1.165) is 39.7 Å². The summed E-state index contributed by atoms with van der Waals surface area (Å²) in [6.07, 6.45) is 5.43. The second-order valence-electron chi connectivity index (χ2n) is 8.77. The molecule has 1 amide bonds. The lowest BCUT2D eigenvalue weighted by molar-refractivity contribution is -0.123. The molecule has 1 atom stereocenters. The van der Waals surface area contributed by atoms with E-state index >= 15 is 0 Å². The number of pyridine rings is 1. The van der Waals surface area contributed by atoms with Crippen molar-refractivity contribution in [1.29, 1.82) is 0 Å². The number of carbonyl (C=O) groups excluding carboxylic acids is 1. The molecule has 1 aromatic carbocycles. The molecule has 4 aromatic rings. The second kappa shape index (κ2) is 9.77. The third-order valence-corrected chi connectivity index (χ3v) is 10.7. The van der Waals surface area contributed by atoms with Gasteiger partial charge in [0, 0.05) is 18.9 Å². The number of rotatable bonds is 6. The molecule has 1 aliphatic rings. The van der Waals surface area contributed by atoms with Crippen molar-refractivity contribution in [2.45, 2.75) is 49.9 Å². The third-order valence-electron chi connectivity index (χ3n) is 6.17. The van der Waals surface area contributed by atoms with Crippen LogP contribution in [0.1, 0.15) is 36.0 Å². The van der Waals surface area contributed by atoms with Gasteiger partial charge in [0.05, 0.1) is 16.8 Å². The average Bonchev–Trinajstić information content (AvgIpc) is 3.54. The lowest BCUT2D eigenvalue weighted by Crippen LogP contribution is -2.52. The molecule has 0 bridgehead atoms. The molecule has 4 heterocycles. The van der Waals surface area contributed by atoms with Crippen LogP contribution in [0.4, 0.5) is 5.13 Å². The lowest BCUT2D eigenvalue weighted by Gasteiger charge is -2.35. The van der Waals surface area contributed by atoms with Gasteiger partial charge in [0.25, 0.3) is 10.0 Å². The number of aromatic nitrogens is 2. The number of hydrogen-bond acceptors (Lipinski definition) is 7. The summed E-state index contributed by atoms with van der Waals surface area (Å²) in [4.78, 5) is 24.8. The van der Waals surface area contributed by atoms with Crippen LogP contribution in [-0.4, -0.2) is 41.2 Å². The monoisotopic (exact) mass is 526 g/mol. The topological polar surface area (TPSA) is 83.5 Å². The molecule has 0 radical (unpaired) electrons. The molecule has 10 heteroatoms. The number of benzene rings is 1. The Labute approximate surface area is 213 Å². The summed E-state index contributed by atoms with van der Waals surface area (Å²) in [6, 6.07) is 10.4. The van der Waals surface area contributed by atoms with Crippen LogP contribution >= 0.6 is 22.7 Å². The molecule has 3 aromatic heterocycles. The number of fused-ring (bicyclic) bond motifs is 1. The van der Waals surface area contributed by atoms with E-state index in [-0.39, 0.29) is 16.7 Å². The summed E-state index contributed by atoms with van der Waals surface area (Å²) in [7, 11) is -3.76. The van der Waals surface area contributed by atoms with Gasteiger partial charge in [0.1, 0.15) is 10.3 Å². The first-order valence-electron chi connectivity index (χ1n) is 11.5. The standard InChI is InChI=1S/C25H26N4O3S3/c1-17-13-18(2)23-20(14-17)27-25(34-23)28(16-19-7-5-10-26-15-19)24(30)21-8-3-4-11-29(21)35(31,32)22-9-6-12-33-22/h5-7,9-10,12-15,21H,3-4,8,11,16H2,1-2H3. The van der Waals surface area contributed by atoms with E-state index in [1.807, 2.05) is 32.0 Å². The van der Waals surface area contributed by atoms with Crippen LogP contribution in [-0.2, 0) is 21.4 Å². The zero-order valence-electron chi connectivity index (χ0n) is 19.5. The molecular weight excluding hydrogens is 501 g/mol. The first-order valence-corrected chi connectivity index (χ1v) is 14.6. The SMILES string of the molecule is Cc1cc(C)c2sc(N(Cc3cccnc3)C(=O)C3CCCCN3S(=O)(=O)c3cccs3)nc2c1. The minimum Gasteiger partial charge on any atom is -0.282 e. The quantitative estimate of drug-likeness (QED) is 0.347. The number of aryl methyl sites for hydroxylation is 2. The van der Waals surface area contributed by atoms with Gasteiger partial charge >= 0.3 is 0 Å². The van der Waals surface area contributed by atoms with E-state index in [1.165, 1.54) is 27.0 Å². The van der Waals surface area contributed by atoms with Crippen LogP contribution in [0, 0.1) is 13.8 Å². The van der Waals surface area contributed by atoms with Crippen molar-refractivity contribution in [2.24, 2.45) is 0 Å². The minimum atomic E-state index is -3.76. The van der Waals surface area contributed by atoms with Gasteiger partial charge in [-0.1, -0.05) is 36.0 Å². The Morgan fingerprint density at radius 3 is 2.80 bits per heavy atom. The van der Waals surface area contributed by atoms with Gasteiger partial charge < -0.3 is 0 Å². The highest BCUT2D eigenvalue weighted by molar-refractivity contribution is 7.91. The van der Waals surface area contributed by atoms with Crippen molar-refractivity contribution in [3.05, 3.63) is 70.9 Å². The van der Waals surface area contributed by atoms with Gasteiger partial charge in [0.15, 0.2) is 5.13 Å². The van der Waals surface area contributed by atoms with E-state index in [4.69, 9.17) is 4.98 Å². The van der Waals surface area contributed by atoms with Crippen LogP contribution in [0.25, 0.3) is 10.2 Å². The largest absolute Gasteiger partial charge is 0.282 e. The average molecular weight is 527 g/mol. The zero-order chi connectivity index (χ0) is 24.6. The predicted molar refractivity (Wildman–Crippen MR) is 140 cm³/mol. The number of hydrogen-bond donors (Lipinski definition) is 0. The maximum atomic E-state index is 14.1. The van der Waals surface area contributed by atoms with Crippen LogP contribution in [0.3, 0.4) is 0 Å². The van der Waals surface area contributed by atoms with Crippen molar-refractivity contribution in [3.8, 4) is 0 Å². The molecule has 0 aliphatic carbocycles. The molecule has 182 valence electrons. The molecule has 1 aliphatic heterocycles. The Hall–Kier alpha value is -2.66. The number of nitrogens with zero attached hydrogens (tertiary/aromatic N) is 4. The second-order valence-corrected chi connectivity index (χ2v) is 12.8.